The summed E-state index contributed by atoms with van der Waals surface area (Å²) in [6.45, 7) is -0.0953. The van der Waals surface area contributed by atoms with Gasteiger partial charge in [-0.1, -0.05) is 30.3 Å². The number of carbonyl (C=O) groups excluding carboxylic acids is 2. The fourth-order valence-electron chi connectivity index (χ4n) is 2.83. The number of nitrogens with zero attached hydrogens (tertiary/aromatic N) is 1. The monoisotopic (exact) mass is 439 g/mol. The first-order valence-electron chi connectivity index (χ1n) is 8.95. The summed E-state index contributed by atoms with van der Waals surface area (Å²) in [5, 5.41) is 11.4. The molecule has 2 aromatic carbocycles. The van der Waals surface area contributed by atoms with Gasteiger partial charge in [0.25, 0.3) is 0 Å². The van der Waals surface area contributed by atoms with Gasteiger partial charge in [0.15, 0.2) is 5.75 Å². The van der Waals surface area contributed by atoms with Crippen molar-refractivity contribution in [2.24, 2.45) is 0 Å². The molecule has 0 spiro atoms. The van der Waals surface area contributed by atoms with Crippen LogP contribution in [0.2, 0.25) is 0 Å². The van der Waals surface area contributed by atoms with Crippen LogP contribution in [-0.2, 0) is 27.1 Å². The van der Waals surface area contributed by atoms with Gasteiger partial charge >= 0.3 is 23.8 Å². The molecule has 0 aliphatic heterocycles. The standard InChI is InChI=1S/C20H16F3NO7/c1-29-17(25)13-9-15(24(27)28)16(10-14(13)20(21,22)23)31-19(7-8-19)18(26)30-11-12-5-3-2-4-6-12/h2-6,9-10H,7-8,11H2,1H3. The van der Waals surface area contributed by atoms with Crippen LogP contribution >= 0.6 is 0 Å². The lowest BCUT2D eigenvalue weighted by Crippen LogP contribution is -2.32. The van der Waals surface area contributed by atoms with E-state index in [2.05, 4.69) is 4.74 Å². The molecule has 0 bridgehead atoms. The Bertz CT molecular complexity index is 1020. The third kappa shape index (κ3) is 4.76. The second kappa shape index (κ2) is 8.25. The number of carbonyl (C=O) groups is 2. The molecular formula is C20H16F3NO7. The maximum atomic E-state index is 13.4. The number of esters is 2. The van der Waals surface area contributed by atoms with Gasteiger partial charge in [0.05, 0.1) is 23.2 Å². The molecule has 31 heavy (non-hydrogen) atoms. The highest BCUT2D eigenvalue weighted by molar-refractivity contribution is 5.93. The fraction of sp³-hybridized carbons (Fsp3) is 0.300. The summed E-state index contributed by atoms with van der Waals surface area (Å²) in [7, 11) is 0.848. The van der Waals surface area contributed by atoms with Crippen molar-refractivity contribution < 1.29 is 41.9 Å². The van der Waals surface area contributed by atoms with E-state index in [0.29, 0.717) is 17.7 Å². The molecule has 8 nitrogen and oxygen atoms in total. The van der Waals surface area contributed by atoms with Gasteiger partial charge in [0.1, 0.15) is 6.61 Å². The number of nitro benzene ring substituents is 1. The summed E-state index contributed by atoms with van der Waals surface area (Å²) in [5.41, 5.74) is -4.37. The van der Waals surface area contributed by atoms with Crippen molar-refractivity contribution in [1.82, 2.24) is 0 Å². The summed E-state index contributed by atoms with van der Waals surface area (Å²) in [6, 6.07) is 9.41. The van der Waals surface area contributed by atoms with Crippen molar-refractivity contribution in [3.05, 3.63) is 69.3 Å². The Kier molecular flexibility index (Phi) is 5.87. The SMILES string of the molecule is COC(=O)c1cc([N+](=O)[O-])c(OC2(C(=O)OCc3ccccc3)CC2)cc1C(F)(F)F. The molecule has 0 amide bonds. The van der Waals surface area contributed by atoms with Gasteiger partial charge in [0, 0.05) is 25.0 Å². The second-order valence-corrected chi connectivity index (χ2v) is 6.77. The lowest BCUT2D eigenvalue weighted by molar-refractivity contribution is -0.386. The van der Waals surface area contributed by atoms with E-state index in [1.165, 1.54) is 0 Å². The molecule has 3 rings (SSSR count). The second-order valence-electron chi connectivity index (χ2n) is 6.77. The molecule has 0 radical (unpaired) electrons. The molecule has 1 fully saturated rings. The van der Waals surface area contributed by atoms with Crippen molar-refractivity contribution >= 4 is 17.6 Å². The molecule has 0 saturated heterocycles. The summed E-state index contributed by atoms with van der Waals surface area (Å²) in [5.74, 6) is -3.04. The van der Waals surface area contributed by atoms with Gasteiger partial charge in [-0.15, -0.1) is 0 Å². The van der Waals surface area contributed by atoms with E-state index in [9.17, 15) is 32.9 Å². The predicted molar refractivity (Wildman–Crippen MR) is 98.3 cm³/mol. The maximum Gasteiger partial charge on any atom is 0.417 e. The van der Waals surface area contributed by atoms with Crippen molar-refractivity contribution in [3.63, 3.8) is 0 Å². The third-order valence-corrected chi connectivity index (χ3v) is 4.60. The Morgan fingerprint density at radius 1 is 1.16 bits per heavy atom. The molecule has 2 aromatic rings. The van der Waals surface area contributed by atoms with Gasteiger partial charge in [0.2, 0.25) is 5.60 Å². The summed E-state index contributed by atoms with van der Waals surface area (Å²) in [4.78, 5) is 34.6. The highest BCUT2D eigenvalue weighted by Gasteiger charge is 2.56. The Hall–Kier alpha value is -3.63. The van der Waals surface area contributed by atoms with Crippen LogP contribution in [0.25, 0.3) is 0 Å². The van der Waals surface area contributed by atoms with E-state index in [1.54, 1.807) is 30.3 Å². The van der Waals surface area contributed by atoms with Crippen LogP contribution in [0.5, 0.6) is 5.75 Å². The molecule has 1 saturated carbocycles. The first-order valence-corrected chi connectivity index (χ1v) is 8.95. The molecule has 0 aromatic heterocycles. The van der Waals surface area contributed by atoms with Crippen molar-refractivity contribution in [2.75, 3.05) is 7.11 Å². The van der Waals surface area contributed by atoms with Crippen LogP contribution in [0.4, 0.5) is 18.9 Å². The number of nitro groups is 1. The Labute approximate surface area is 173 Å². The molecular weight excluding hydrogens is 423 g/mol. The molecule has 164 valence electrons. The highest BCUT2D eigenvalue weighted by Crippen LogP contribution is 2.46. The maximum absolute atomic E-state index is 13.4. The number of halogens is 3. The van der Waals surface area contributed by atoms with Crippen molar-refractivity contribution in [3.8, 4) is 5.75 Å². The van der Waals surface area contributed by atoms with Crippen LogP contribution in [0, 0.1) is 10.1 Å². The van der Waals surface area contributed by atoms with Gasteiger partial charge in [-0.25, -0.2) is 9.59 Å². The van der Waals surface area contributed by atoms with E-state index in [0.717, 1.165) is 7.11 Å². The smallest absolute Gasteiger partial charge is 0.417 e. The number of hydrogen-bond donors (Lipinski definition) is 0. The zero-order valence-corrected chi connectivity index (χ0v) is 16.1. The van der Waals surface area contributed by atoms with E-state index < -0.39 is 51.2 Å². The van der Waals surface area contributed by atoms with E-state index in [1.807, 2.05) is 0 Å². The van der Waals surface area contributed by atoms with Crippen LogP contribution in [0.3, 0.4) is 0 Å². The number of alkyl halides is 3. The normalized spacial score (nSPS) is 14.5. The summed E-state index contributed by atoms with van der Waals surface area (Å²) in [6.07, 6.45) is -4.81. The minimum absolute atomic E-state index is 0.0953. The van der Waals surface area contributed by atoms with Gasteiger partial charge in [-0.2, -0.15) is 13.2 Å². The first kappa shape index (κ1) is 22.1. The predicted octanol–water partition coefficient (Wildman–Crippen LogP) is 4.06. The number of hydrogen-bond acceptors (Lipinski definition) is 7. The molecule has 0 unspecified atom stereocenters. The quantitative estimate of drug-likeness (QED) is 0.364. The molecule has 1 aliphatic carbocycles. The fourth-order valence-corrected chi connectivity index (χ4v) is 2.83. The third-order valence-electron chi connectivity index (χ3n) is 4.60. The largest absolute Gasteiger partial charge is 0.468 e. The van der Waals surface area contributed by atoms with Crippen LogP contribution in [-0.4, -0.2) is 29.6 Å². The molecule has 0 heterocycles. The van der Waals surface area contributed by atoms with Gasteiger partial charge in [-0.3, -0.25) is 10.1 Å². The average Bonchev–Trinajstić information content (AvgIpc) is 3.51. The summed E-state index contributed by atoms with van der Waals surface area (Å²) < 4.78 is 55.2. The zero-order chi connectivity index (χ0) is 22.8. The molecule has 11 heteroatoms. The Morgan fingerprint density at radius 3 is 2.32 bits per heavy atom. The first-order chi connectivity index (χ1) is 14.6. The van der Waals surface area contributed by atoms with Crippen LogP contribution in [0.15, 0.2) is 42.5 Å². The molecule has 1 aliphatic rings. The molecule has 0 N–H and O–H groups in total. The van der Waals surface area contributed by atoms with E-state index >= 15 is 0 Å². The lowest BCUT2D eigenvalue weighted by atomic mass is 10.0. The van der Waals surface area contributed by atoms with Crippen LogP contribution < -0.4 is 4.74 Å². The minimum atomic E-state index is -5.03. The van der Waals surface area contributed by atoms with E-state index in [-0.39, 0.29) is 19.4 Å². The van der Waals surface area contributed by atoms with Gasteiger partial charge in [-0.05, 0) is 5.56 Å². The zero-order valence-electron chi connectivity index (χ0n) is 16.1. The van der Waals surface area contributed by atoms with Crippen LogP contribution in [0.1, 0.15) is 34.3 Å². The number of benzene rings is 2. The number of rotatable bonds is 7. The highest BCUT2D eigenvalue weighted by atomic mass is 19.4. The summed E-state index contributed by atoms with van der Waals surface area (Å²) >= 11 is 0. The van der Waals surface area contributed by atoms with E-state index in [4.69, 9.17) is 9.47 Å². The van der Waals surface area contributed by atoms with Crippen molar-refractivity contribution in [1.29, 1.82) is 0 Å². The average molecular weight is 439 g/mol. The lowest BCUT2D eigenvalue weighted by Gasteiger charge is -2.19. The number of ether oxygens (including phenoxy) is 3. The minimum Gasteiger partial charge on any atom is -0.468 e. The number of methoxy groups -OCH3 is 1. The van der Waals surface area contributed by atoms with Crippen molar-refractivity contribution in [2.45, 2.75) is 31.2 Å². The Morgan fingerprint density at radius 2 is 1.81 bits per heavy atom. The molecule has 0 atom stereocenters. The topological polar surface area (TPSA) is 105 Å². The Balaban J connectivity index is 1.91. The van der Waals surface area contributed by atoms with Gasteiger partial charge < -0.3 is 14.2 Å².